The monoisotopic (exact) mass is 179 g/mol. The molecule has 6 heteroatoms. The third-order valence-corrected chi connectivity index (χ3v) is 1.81. The summed E-state index contributed by atoms with van der Waals surface area (Å²) in [6, 6.07) is 0. The number of nitrogens with zero attached hydrogens (tertiary/aromatic N) is 2. The number of carbonyl (C=O) groups is 1. The zero-order chi connectivity index (χ0) is 9.26. The van der Waals surface area contributed by atoms with E-state index < -0.39 is 12.1 Å². The smallest absolute Gasteiger partial charge is 0.255 e. The summed E-state index contributed by atoms with van der Waals surface area (Å²) in [7, 11) is 0. The number of anilines is 1. The van der Waals surface area contributed by atoms with Gasteiger partial charge < -0.3 is 11.1 Å². The Bertz CT molecular complexity index is 339. The van der Waals surface area contributed by atoms with Gasteiger partial charge in [0.05, 0.1) is 5.69 Å². The van der Waals surface area contributed by atoms with Crippen LogP contribution in [-0.2, 0) is 11.3 Å². The van der Waals surface area contributed by atoms with Gasteiger partial charge in [0.15, 0.2) is 12.0 Å². The third-order valence-electron chi connectivity index (χ3n) is 1.81. The Morgan fingerprint density at radius 1 is 1.54 bits per heavy atom. The average molecular weight is 179 g/mol. The van der Waals surface area contributed by atoms with Gasteiger partial charge in [-0.25, -0.2) is 4.98 Å². The molecule has 0 spiro atoms. The maximum Gasteiger partial charge on any atom is 0.255 e. The third kappa shape index (κ3) is 1.43. The molecule has 1 aliphatic heterocycles. The largest absolute Gasteiger partial charge is 0.367 e. The van der Waals surface area contributed by atoms with E-state index in [2.05, 4.69) is 20.6 Å². The summed E-state index contributed by atoms with van der Waals surface area (Å²) in [4.78, 5) is 18.9. The maximum atomic E-state index is 10.8. The standard InChI is InChI=1S/C7H9N5O/c8-5(13)7-11-3-4-6(12-7)10-2-1-9-4/h1-2,7,11H,3H2,(H2,8,13)(H,10,12). The van der Waals surface area contributed by atoms with Gasteiger partial charge in [0, 0.05) is 18.9 Å². The number of primary amides is 1. The first kappa shape index (κ1) is 7.93. The number of nitrogens with one attached hydrogen (secondary N) is 2. The lowest BCUT2D eigenvalue weighted by Gasteiger charge is -2.23. The molecule has 6 nitrogen and oxygen atoms in total. The highest BCUT2D eigenvalue weighted by molar-refractivity contribution is 5.82. The normalized spacial score (nSPS) is 20.2. The molecule has 1 aromatic rings. The van der Waals surface area contributed by atoms with E-state index in [1.807, 2.05) is 0 Å². The van der Waals surface area contributed by atoms with Crippen LogP contribution < -0.4 is 16.4 Å². The minimum absolute atomic E-state index is 0.448. The summed E-state index contributed by atoms with van der Waals surface area (Å²) < 4.78 is 0. The second kappa shape index (κ2) is 2.98. The number of fused-ring (bicyclic) bond motifs is 1. The lowest BCUT2D eigenvalue weighted by Crippen LogP contribution is -2.49. The Balaban J connectivity index is 2.24. The highest BCUT2D eigenvalue weighted by Gasteiger charge is 2.21. The molecule has 68 valence electrons. The van der Waals surface area contributed by atoms with Gasteiger partial charge in [-0.2, -0.15) is 0 Å². The van der Waals surface area contributed by atoms with Crippen molar-refractivity contribution < 1.29 is 4.79 Å². The Morgan fingerprint density at radius 2 is 2.31 bits per heavy atom. The van der Waals surface area contributed by atoms with Crippen molar-refractivity contribution in [3.63, 3.8) is 0 Å². The maximum absolute atomic E-state index is 10.8. The van der Waals surface area contributed by atoms with Crippen LogP contribution in [0.4, 0.5) is 5.82 Å². The molecule has 1 aliphatic rings. The lowest BCUT2D eigenvalue weighted by molar-refractivity contribution is -0.119. The molecule has 4 N–H and O–H groups in total. The van der Waals surface area contributed by atoms with Crippen molar-refractivity contribution >= 4 is 11.7 Å². The van der Waals surface area contributed by atoms with Crippen molar-refractivity contribution in [3.8, 4) is 0 Å². The molecule has 0 bridgehead atoms. The summed E-state index contributed by atoms with van der Waals surface area (Å²) in [5.74, 6) is 0.168. The Morgan fingerprint density at radius 3 is 3.08 bits per heavy atom. The first-order chi connectivity index (χ1) is 6.27. The molecule has 0 aliphatic carbocycles. The molecular weight excluding hydrogens is 170 g/mol. The topological polar surface area (TPSA) is 92.9 Å². The minimum atomic E-state index is -0.552. The van der Waals surface area contributed by atoms with E-state index in [9.17, 15) is 4.79 Å². The van der Waals surface area contributed by atoms with Crippen molar-refractivity contribution in [2.75, 3.05) is 5.32 Å². The van der Waals surface area contributed by atoms with Crippen LogP contribution in [0.2, 0.25) is 0 Å². The van der Waals surface area contributed by atoms with Crippen molar-refractivity contribution in [1.29, 1.82) is 0 Å². The predicted octanol–water partition coefficient (Wildman–Crippen LogP) is -1.20. The van der Waals surface area contributed by atoms with Crippen molar-refractivity contribution in [2.24, 2.45) is 5.73 Å². The van der Waals surface area contributed by atoms with Crippen LogP contribution in [0.25, 0.3) is 0 Å². The summed E-state index contributed by atoms with van der Waals surface area (Å²) in [6.45, 7) is 0.504. The molecule has 2 rings (SSSR count). The molecule has 1 unspecified atom stereocenters. The summed E-state index contributed by atoms with van der Waals surface area (Å²) in [6.07, 6.45) is 2.62. The number of amides is 1. The van der Waals surface area contributed by atoms with E-state index in [4.69, 9.17) is 5.73 Å². The van der Waals surface area contributed by atoms with Gasteiger partial charge in [-0.15, -0.1) is 0 Å². The van der Waals surface area contributed by atoms with Crippen molar-refractivity contribution in [3.05, 3.63) is 18.1 Å². The van der Waals surface area contributed by atoms with Crippen LogP contribution in [-0.4, -0.2) is 22.0 Å². The molecule has 0 radical (unpaired) electrons. The van der Waals surface area contributed by atoms with Gasteiger partial charge in [-0.05, 0) is 0 Å². The van der Waals surface area contributed by atoms with Crippen LogP contribution in [0.1, 0.15) is 5.69 Å². The van der Waals surface area contributed by atoms with E-state index in [0.29, 0.717) is 12.4 Å². The molecule has 0 saturated carbocycles. The number of rotatable bonds is 1. The highest BCUT2D eigenvalue weighted by Crippen LogP contribution is 2.12. The summed E-state index contributed by atoms with van der Waals surface area (Å²) in [5, 5.41) is 5.72. The molecule has 1 aromatic heterocycles. The number of nitrogens with two attached hydrogens (primary N) is 1. The lowest BCUT2D eigenvalue weighted by atomic mass is 10.3. The fourth-order valence-corrected chi connectivity index (χ4v) is 1.17. The second-order valence-corrected chi connectivity index (χ2v) is 2.71. The SMILES string of the molecule is NC(=O)C1NCc2nccnc2N1. The molecule has 0 fully saturated rings. The second-order valence-electron chi connectivity index (χ2n) is 2.71. The zero-order valence-electron chi connectivity index (χ0n) is 6.82. The quantitative estimate of drug-likeness (QED) is 0.503. The van der Waals surface area contributed by atoms with Gasteiger partial charge >= 0.3 is 0 Å². The van der Waals surface area contributed by atoms with Crippen LogP contribution >= 0.6 is 0 Å². The molecular formula is C7H9N5O. The summed E-state index contributed by atoms with van der Waals surface area (Å²) in [5.41, 5.74) is 5.90. The van der Waals surface area contributed by atoms with Crippen LogP contribution in [0.3, 0.4) is 0 Å². The van der Waals surface area contributed by atoms with E-state index >= 15 is 0 Å². The molecule has 13 heavy (non-hydrogen) atoms. The molecule has 0 aromatic carbocycles. The Hall–Kier alpha value is -1.69. The fourth-order valence-electron chi connectivity index (χ4n) is 1.17. The van der Waals surface area contributed by atoms with E-state index in [0.717, 1.165) is 5.69 Å². The van der Waals surface area contributed by atoms with Gasteiger partial charge in [0.25, 0.3) is 5.91 Å². The molecule has 1 atom stereocenters. The van der Waals surface area contributed by atoms with Gasteiger partial charge in [-0.1, -0.05) is 0 Å². The van der Waals surface area contributed by atoms with E-state index in [1.165, 1.54) is 0 Å². The minimum Gasteiger partial charge on any atom is -0.367 e. The predicted molar refractivity (Wildman–Crippen MR) is 45.5 cm³/mol. The van der Waals surface area contributed by atoms with Crippen molar-refractivity contribution in [2.45, 2.75) is 12.7 Å². The van der Waals surface area contributed by atoms with Gasteiger partial charge in [0.2, 0.25) is 0 Å². The average Bonchev–Trinajstić information content (AvgIpc) is 2.17. The van der Waals surface area contributed by atoms with Crippen LogP contribution in [0, 0.1) is 0 Å². The molecule has 0 saturated heterocycles. The highest BCUT2D eigenvalue weighted by atomic mass is 16.1. The Kier molecular flexibility index (Phi) is 1.82. The van der Waals surface area contributed by atoms with Gasteiger partial charge in [-0.3, -0.25) is 15.1 Å². The summed E-state index contributed by atoms with van der Waals surface area (Å²) >= 11 is 0. The number of carbonyl (C=O) groups excluding carboxylic acids is 1. The van der Waals surface area contributed by atoms with Crippen LogP contribution in [0.15, 0.2) is 12.4 Å². The number of hydrogen-bond acceptors (Lipinski definition) is 5. The molecule has 2 heterocycles. The first-order valence-corrected chi connectivity index (χ1v) is 3.86. The zero-order valence-corrected chi connectivity index (χ0v) is 6.82. The van der Waals surface area contributed by atoms with Gasteiger partial charge in [0.1, 0.15) is 0 Å². The first-order valence-electron chi connectivity index (χ1n) is 3.86. The van der Waals surface area contributed by atoms with E-state index in [-0.39, 0.29) is 0 Å². The van der Waals surface area contributed by atoms with Crippen molar-refractivity contribution in [1.82, 2.24) is 15.3 Å². The number of hydrogen-bond donors (Lipinski definition) is 3. The Labute approximate surface area is 74.6 Å². The fraction of sp³-hybridized carbons (Fsp3) is 0.286. The number of aromatic nitrogens is 2. The molecule has 1 amide bonds. The van der Waals surface area contributed by atoms with Crippen LogP contribution in [0.5, 0.6) is 0 Å². The van der Waals surface area contributed by atoms with E-state index in [1.54, 1.807) is 12.4 Å².